The Balaban J connectivity index is 6.40. The predicted molar refractivity (Wildman–Crippen MR) is 169 cm³/mol. The molecule has 0 aliphatic rings. The molecule has 0 nitrogen and oxygen atoms in total. The molecule has 3 unspecified atom stereocenters. The number of hydrogen-bond donors (Lipinski definition) is 0. The molecule has 0 spiro atoms. The Morgan fingerprint density at radius 3 is 0.703 bits per heavy atom. The molecule has 0 bridgehead atoms. The van der Waals surface area contributed by atoms with Crippen LogP contribution in [-0.2, 0) is 14.1 Å². The summed E-state index contributed by atoms with van der Waals surface area (Å²) in [5, 5.41) is 4.48. The van der Waals surface area contributed by atoms with E-state index in [1.165, 1.54) is 35.1 Å². The fourth-order valence-electron chi connectivity index (χ4n) is 8.06. The first-order valence-electron chi connectivity index (χ1n) is 16.2. The van der Waals surface area contributed by atoms with Gasteiger partial charge >= 0.3 is 243 Å². The molecule has 0 aromatic rings. The van der Waals surface area contributed by atoms with E-state index in [9.17, 15) is 0 Å². The van der Waals surface area contributed by atoms with E-state index in [0.29, 0.717) is 16.2 Å². The first-order valence-corrected chi connectivity index (χ1v) is 18.9. The predicted octanol–water partition coefficient (Wildman–Crippen LogP) is 12.9. The molecule has 0 saturated heterocycles. The standard InChI is InChI=1S/3C12H25.Cr/c3*1-9(2)8-11(10(3)4)12(5,6)7;/h3*9-11H,5,8H2,1-4,6-7H3;. The van der Waals surface area contributed by atoms with Crippen molar-refractivity contribution in [3.05, 3.63) is 0 Å². The summed E-state index contributed by atoms with van der Waals surface area (Å²) >= 11 is -0.856. The Morgan fingerprint density at radius 2 is 0.568 bits per heavy atom. The van der Waals surface area contributed by atoms with Gasteiger partial charge in [0, 0.05) is 0 Å². The van der Waals surface area contributed by atoms with Gasteiger partial charge in [0.1, 0.15) is 0 Å². The molecule has 0 saturated carbocycles. The van der Waals surface area contributed by atoms with Crippen LogP contribution in [0.15, 0.2) is 0 Å². The van der Waals surface area contributed by atoms with Crippen LogP contribution in [0.1, 0.15) is 144 Å². The topological polar surface area (TPSA) is 0 Å². The Bertz CT molecular complexity index is 519. The van der Waals surface area contributed by atoms with Crippen molar-refractivity contribution in [3.63, 3.8) is 0 Å². The molecule has 0 amide bonds. The van der Waals surface area contributed by atoms with Crippen molar-refractivity contribution in [2.24, 2.45) is 69.5 Å². The summed E-state index contributed by atoms with van der Waals surface area (Å²) in [6.45, 7) is 45.5. The summed E-state index contributed by atoms with van der Waals surface area (Å²) in [4.78, 5) is 0. The van der Waals surface area contributed by atoms with Gasteiger partial charge in [-0.25, -0.2) is 0 Å². The van der Waals surface area contributed by atoms with Crippen LogP contribution >= 0.6 is 0 Å². The molecule has 0 aromatic carbocycles. The van der Waals surface area contributed by atoms with Crippen LogP contribution < -0.4 is 0 Å². The number of rotatable bonds is 18. The van der Waals surface area contributed by atoms with E-state index >= 15 is 0 Å². The minimum absolute atomic E-state index is 0.423. The van der Waals surface area contributed by atoms with Crippen LogP contribution in [0.4, 0.5) is 0 Å². The Hall–Kier alpha value is 0.532. The second kappa shape index (κ2) is 15.5. The van der Waals surface area contributed by atoms with Crippen LogP contribution in [0.2, 0.25) is 15.8 Å². The Kier molecular flexibility index (Phi) is 15.7. The van der Waals surface area contributed by atoms with Crippen molar-refractivity contribution in [1.29, 1.82) is 0 Å². The zero-order chi connectivity index (χ0) is 29.5. The van der Waals surface area contributed by atoms with Crippen molar-refractivity contribution in [3.8, 4) is 0 Å². The molecule has 0 fully saturated rings. The molecule has 3 atom stereocenters. The minimum atomic E-state index is -0.856. The second-order valence-electron chi connectivity index (χ2n) is 17.5. The molecule has 0 aliphatic carbocycles. The van der Waals surface area contributed by atoms with Crippen LogP contribution in [0.3, 0.4) is 0 Å². The summed E-state index contributed by atoms with van der Waals surface area (Å²) in [7, 11) is 0. The van der Waals surface area contributed by atoms with E-state index in [2.05, 4.69) is 125 Å². The van der Waals surface area contributed by atoms with Gasteiger partial charge < -0.3 is 0 Å². The van der Waals surface area contributed by atoms with Crippen molar-refractivity contribution in [2.75, 3.05) is 0 Å². The fourth-order valence-corrected chi connectivity index (χ4v) is 14.5. The van der Waals surface area contributed by atoms with Crippen LogP contribution in [0, 0.1) is 69.5 Å². The third-order valence-corrected chi connectivity index (χ3v) is 14.7. The van der Waals surface area contributed by atoms with Gasteiger partial charge in [0.15, 0.2) is 0 Å². The third kappa shape index (κ3) is 13.2. The van der Waals surface area contributed by atoms with E-state index in [4.69, 9.17) is 0 Å². The van der Waals surface area contributed by atoms with Gasteiger partial charge in [0.2, 0.25) is 0 Å². The zero-order valence-electron chi connectivity index (χ0n) is 29.3. The summed E-state index contributed by atoms with van der Waals surface area (Å²) in [6, 6.07) is 0. The van der Waals surface area contributed by atoms with Gasteiger partial charge in [-0.05, 0) is 0 Å². The summed E-state index contributed by atoms with van der Waals surface area (Å²) < 4.78 is 0. The maximum absolute atomic E-state index is 2.65. The van der Waals surface area contributed by atoms with E-state index in [1.54, 1.807) is 0 Å². The molecule has 225 valence electrons. The molecule has 0 rings (SSSR count). The number of hydrogen-bond acceptors (Lipinski definition) is 0. The van der Waals surface area contributed by atoms with E-state index in [-0.39, 0.29) is 0 Å². The van der Waals surface area contributed by atoms with Crippen molar-refractivity contribution in [2.45, 2.75) is 160 Å². The fraction of sp³-hybridized carbons (Fsp3) is 1.00. The SMILES string of the molecule is CC(C)CC(C(C)C)C(C)(C)[CH2][Cr]([CH2]C(C)(C)C(CC(C)C)C(C)C)[CH2]C(C)(C)C(CC(C)C)C(C)C. The normalized spacial score (nSPS) is 16.8. The molecule has 1 heteroatoms. The monoisotopic (exact) mass is 560 g/mol. The van der Waals surface area contributed by atoms with Gasteiger partial charge in [0.05, 0.1) is 0 Å². The van der Waals surface area contributed by atoms with Gasteiger partial charge in [-0.2, -0.15) is 0 Å². The van der Waals surface area contributed by atoms with E-state index in [1.807, 2.05) is 0 Å². The van der Waals surface area contributed by atoms with Gasteiger partial charge in [-0.15, -0.1) is 0 Å². The first kappa shape index (κ1) is 37.5. The molecule has 0 radical (unpaired) electrons. The average Bonchev–Trinajstić information content (AvgIpc) is 2.65. The molecule has 0 aromatic heterocycles. The zero-order valence-corrected chi connectivity index (χ0v) is 30.6. The summed E-state index contributed by atoms with van der Waals surface area (Å²) in [5.74, 6) is 7.09. The van der Waals surface area contributed by atoms with Crippen LogP contribution in [0.25, 0.3) is 0 Å². The van der Waals surface area contributed by atoms with Crippen molar-refractivity contribution >= 4 is 0 Å². The van der Waals surface area contributed by atoms with Crippen molar-refractivity contribution < 1.29 is 14.1 Å². The van der Waals surface area contributed by atoms with Crippen LogP contribution in [0.5, 0.6) is 0 Å². The Labute approximate surface area is 242 Å². The van der Waals surface area contributed by atoms with E-state index in [0.717, 1.165) is 53.3 Å². The molecule has 37 heavy (non-hydrogen) atoms. The second-order valence-corrected chi connectivity index (χ2v) is 20.7. The molecule has 0 aliphatic heterocycles. The molecule has 0 heterocycles. The van der Waals surface area contributed by atoms with Gasteiger partial charge in [-0.1, -0.05) is 0 Å². The summed E-state index contributed by atoms with van der Waals surface area (Å²) in [5.41, 5.74) is 1.27. The third-order valence-electron chi connectivity index (χ3n) is 9.33. The average molecular weight is 560 g/mol. The summed E-state index contributed by atoms with van der Waals surface area (Å²) in [6.07, 6.45) is 4.13. The van der Waals surface area contributed by atoms with Crippen molar-refractivity contribution in [1.82, 2.24) is 0 Å². The van der Waals surface area contributed by atoms with Gasteiger partial charge in [0.25, 0.3) is 0 Å². The Morgan fingerprint density at radius 1 is 0.378 bits per heavy atom. The molecular weight excluding hydrogens is 484 g/mol. The van der Waals surface area contributed by atoms with E-state index < -0.39 is 14.1 Å². The van der Waals surface area contributed by atoms with Gasteiger partial charge in [-0.3, -0.25) is 0 Å². The van der Waals surface area contributed by atoms with Crippen LogP contribution in [-0.4, -0.2) is 0 Å². The quantitative estimate of drug-likeness (QED) is 0.157. The molecule has 0 N–H and O–H groups in total. The maximum atomic E-state index is 2.65. The molecular formula is C36H75Cr. The first-order chi connectivity index (χ1) is 16.5.